The Balaban J connectivity index is 1.40. The molecule has 0 aliphatic carbocycles. The maximum absolute atomic E-state index is 15.3. The molecule has 0 radical (unpaired) electrons. The van der Waals surface area contributed by atoms with Crippen molar-refractivity contribution in [3.8, 4) is 0 Å². The van der Waals surface area contributed by atoms with Crippen LogP contribution in [-0.4, -0.2) is 59.9 Å². The summed E-state index contributed by atoms with van der Waals surface area (Å²) >= 11 is 0. The van der Waals surface area contributed by atoms with Gasteiger partial charge in [0.05, 0.1) is 17.3 Å². The summed E-state index contributed by atoms with van der Waals surface area (Å²) in [4.78, 5) is 40.6. The first kappa shape index (κ1) is 15.6. The molecule has 1 unspecified atom stereocenters. The number of ether oxygens (including phenoxy) is 1. The Hall–Kier alpha value is -3.30. The van der Waals surface area contributed by atoms with Gasteiger partial charge in [0, 0.05) is 67.0 Å². The van der Waals surface area contributed by atoms with E-state index in [1.165, 1.54) is 12.1 Å². The van der Waals surface area contributed by atoms with Crippen molar-refractivity contribution in [3.63, 3.8) is 0 Å². The molecule has 8 nitrogen and oxygen atoms in total. The highest BCUT2D eigenvalue weighted by Crippen LogP contribution is 2.32. The van der Waals surface area contributed by atoms with Crippen LogP contribution in [0.5, 0.6) is 0 Å². The SMILES string of the molecule is [2H]c1c([2H])c(CNc2cccc3c2CN(C2C(=O)NC(=O)C([2H])([2H])C2([2H])[2H])C3=O)c(F)c([2H])c1CN1CCOCC1. The van der Waals surface area contributed by atoms with Crippen molar-refractivity contribution in [1.29, 1.82) is 0 Å². The average Bonchev–Trinajstić information content (AvgIpc) is 3.26. The number of hydrogen-bond acceptors (Lipinski definition) is 6. The van der Waals surface area contributed by atoms with Crippen LogP contribution in [0.4, 0.5) is 10.1 Å². The van der Waals surface area contributed by atoms with Crippen LogP contribution in [0.3, 0.4) is 0 Å². The molecule has 3 heterocycles. The van der Waals surface area contributed by atoms with Crippen molar-refractivity contribution in [1.82, 2.24) is 15.1 Å². The Morgan fingerprint density at radius 3 is 2.88 bits per heavy atom. The van der Waals surface area contributed by atoms with Gasteiger partial charge in [0.15, 0.2) is 0 Å². The van der Waals surface area contributed by atoms with Crippen LogP contribution >= 0.6 is 0 Å². The first-order valence-corrected chi connectivity index (χ1v) is 10.9. The quantitative estimate of drug-likeness (QED) is 0.624. The summed E-state index contributed by atoms with van der Waals surface area (Å²) in [5.41, 5.74) is 0.638. The first-order valence-electron chi connectivity index (χ1n) is 14.4. The standard InChI is InChI=1S/C25H27FN4O4/c26-20-12-16(14-29-8-10-34-11-9-29)4-5-17(20)13-27-21-3-1-2-18-19(21)15-30(25(18)33)22-6-7-23(31)28-24(22)32/h1-5,12,22,27H,6-11,13-15H2,(H,28,31,32)/i4D,5D,6D2,7D2,12D. The average molecular weight is 474 g/mol. The molecular formula is C25H27FN4O4. The van der Waals surface area contributed by atoms with Gasteiger partial charge in [-0.05, 0) is 30.1 Å². The number of amides is 3. The van der Waals surface area contributed by atoms with Crippen LogP contribution in [-0.2, 0) is 34.0 Å². The molecule has 3 amide bonds. The number of piperidine rings is 1. The lowest BCUT2D eigenvalue weighted by molar-refractivity contribution is -0.136. The second-order valence-electron chi connectivity index (χ2n) is 8.14. The van der Waals surface area contributed by atoms with Crippen molar-refractivity contribution >= 4 is 23.4 Å². The smallest absolute Gasteiger partial charge is 0.255 e. The van der Waals surface area contributed by atoms with Gasteiger partial charge in [-0.1, -0.05) is 18.2 Å². The molecule has 1 atom stereocenters. The molecule has 0 saturated carbocycles. The minimum absolute atomic E-state index is 0.103. The summed E-state index contributed by atoms with van der Waals surface area (Å²) < 4.78 is 78.1. The highest BCUT2D eigenvalue weighted by molar-refractivity contribution is 6.06. The van der Waals surface area contributed by atoms with E-state index in [0.29, 0.717) is 37.6 Å². The van der Waals surface area contributed by atoms with Gasteiger partial charge in [0.25, 0.3) is 5.91 Å². The number of imide groups is 1. The number of carbonyl (C=O) groups excluding carboxylic acids is 3. The van der Waals surface area contributed by atoms with Crippen molar-refractivity contribution in [2.75, 3.05) is 31.6 Å². The van der Waals surface area contributed by atoms with E-state index in [1.54, 1.807) is 11.4 Å². The third-order valence-electron chi connectivity index (χ3n) is 5.95. The molecule has 2 aromatic carbocycles. The highest BCUT2D eigenvalue weighted by atomic mass is 19.1. The van der Waals surface area contributed by atoms with E-state index in [9.17, 15) is 14.4 Å². The summed E-state index contributed by atoms with van der Waals surface area (Å²) in [6.07, 6.45) is -6.11. The molecule has 0 bridgehead atoms. The van der Waals surface area contributed by atoms with Crippen LogP contribution in [0.2, 0.25) is 0 Å². The molecule has 2 aromatic rings. The number of nitrogens with one attached hydrogen (secondary N) is 2. The molecule has 9 heteroatoms. The predicted octanol–water partition coefficient (Wildman–Crippen LogP) is 2.03. The van der Waals surface area contributed by atoms with Gasteiger partial charge in [-0.2, -0.15) is 0 Å². The number of benzene rings is 2. The Kier molecular flexibility index (Phi) is 4.36. The maximum atomic E-state index is 15.3. The van der Waals surface area contributed by atoms with Gasteiger partial charge in [-0.15, -0.1) is 0 Å². The monoisotopic (exact) mass is 473 g/mol. The Morgan fingerprint density at radius 2 is 2.06 bits per heavy atom. The second kappa shape index (κ2) is 9.52. The summed E-state index contributed by atoms with van der Waals surface area (Å²) in [6, 6.07) is 1.48. The fourth-order valence-electron chi connectivity index (χ4n) is 4.17. The molecule has 2 saturated heterocycles. The molecule has 34 heavy (non-hydrogen) atoms. The van der Waals surface area contributed by atoms with Crippen molar-refractivity contribution < 1.29 is 33.1 Å². The third kappa shape index (κ3) is 4.53. The largest absolute Gasteiger partial charge is 0.381 e. The Labute approximate surface area is 206 Å². The van der Waals surface area contributed by atoms with Gasteiger partial charge in [0.1, 0.15) is 11.9 Å². The highest BCUT2D eigenvalue weighted by Gasteiger charge is 2.39. The Bertz CT molecular complexity index is 1420. The van der Waals surface area contributed by atoms with Gasteiger partial charge >= 0.3 is 0 Å². The topological polar surface area (TPSA) is 91.0 Å². The minimum atomic E-state index is -3.08. The zero-order chi connectivity index (χ0) is 29.9. The number of anilines is 1. The maximum Gasteiger partial charge on any atom is 0.255 e. The van der Waals surface area contributed by atoms with E-state index in [1.807, 2.05) is 4.90 Å². The Morgan fingerprint density at radius 1 is 1.24 bits per heavy atom. The fraction of sp³-hybridized carbons (Fsp3) is 0.400. The summed E-state index contributed by atoms with van der Waals surface area (Å²) in [7, 11) is 0. The zero-order valence-electron chi connectivity index (χ0n) is 25.2. The lowest BCUT2D eigenvalue weighted by atomic mass is 10.0. The van der Waals surface area contributed by atoms with E-state index in [0.717, 1.165) is 4.90 Å². The van der Waals surface area contributed by atoms with Gasteiger partial charge < -0.3 is 15.0 Å². The third-order valence-corrected chi connectivity index (χ3v) is 5.95. The summed E-state index contributed by atoms with van der Waals surface area (Å²) in [5.74, 6) is -4.26. The molecule has 0 aromatic heterocycles. The first-order chi connectivity index (χ1) is 19.3. The van der Waals surface area contributed by atoms with E-state index < -0.39 is 48.4 Å². The van der Waals surface area contributed by atoms with Crippen LogP contribution in [0, 0.1) is 5.82 Å². The molecule has 3 aliphatic heterocycles. The van der Waals surface area contributed by atoms with Crippen LogP contribution in [0.15, 0.2) is 36.3 Å². The lowest BCUT2D eigenvalue weighted by Crippen LogP contribution is -2.52. The molecule has 2 fully saturated rings. The van der Waals surface area contributed by atoms with Crippen LogP contribution in [0.1, 0.15) is 49.4 Å². The number of morpholine rings is 1. The lowest BCUT2D eigenvalue weighted by Gasteiger charge is -2.29. The molecule has 0 spiro atoms. The van der Waals surface area contributed by atoms with Crippen LogP contribution in [0.25, 0.3) is 0 Å². The number of hydrogen-bond donors (Lipinski definition) is 2. The second-order valence-corrected chi connectivity index (χ2v) is 8.14. The van der Waals surface area contributed by atoms with Gasteiger partial charge in [-0.25, -0.2) is 4.39 Å². The molecule has 5 rings (SSSR count). The van der Waals surface area contributed by atoms with Crippen molar-refractivity contribution in [2.45, 2.75) is 38.4 Å². The number of nitrogens with zero attached hydrogens (tertiary/aromatic N) is 2. The van der Waals surface area contributed by atoms with E-state index in [2.05, 4.69) is 5.32 Å². The molecule has 178 valence electrons. The molecule has 3 aliphatic rings. The zero-order valence-corrected chi connectivity index (χ0v) is 18.2. The number of fused-ring (bicyclic) bond motifs is 1. The van der Waals surface area contributed by atoms with Gasteiger partial charge in [0.2, 0.25) is 11.8 Å². The van der Waals surface area contributed by atoms with E-state index in [-0.39, 0.29) is 48.4 Å². The summed E-state index contributed by atoms with van der Waals surface area (Å²) in [6.45, 7) is 1.65. The van der Waals surface area contributed by atoms with Gasteiger partial charge in [-0.3, -0.25) is 24.6 Å². The minimum Gasteiger partial charge on any atom is -0.381 e. The number of halogens is 1. The molecule has 2 N–H and O–H groups in total. The molecular weight excluding hydrogens is 439 g/mol. The van der Waals surface area contributed by atoms with Crippen LogP contribution < -0.4 is 10.6 Å². The fourth-order valence-corrected chi connectivity index (χ4v) is 4.17. The normalized spacial score (nSPS) is 26.9. The number of carbonyl (C=O) groups is 3. The van der Waals surface area contributed by atoms with E-state index >= 15 is 4.39 Å². The number of rotatable bonds is 6. The van der Waals surface area contributed by atoms with Crippen molar-refractivity contribution in [3.05, 3.63) is 64.4 Å². The predicted molar refractivity (Wildman–Crippen MR) is 122 cm³/mol. The summed E-state index contributed by atoms with van der Waals surface area (Å²) in [5, 5.41) is 4.75. The van der Waals surface area contributed by atoms with Crippen molar-refractivity contribution in [2.24, 2.45) is 0 Å². The van der Waals surface area contributed by atoms with E-state index in [4.69, 9.17) is 14.3 Å².